The number of carboxylic acids is 1. The van der Waals surface area contributed by atoms with E-state index in [1.165, 1.54) is 0 Å². The van der Waals surface area contributed by atoms with Crippen molar-refractivity contribution in [3.8, 4) is 22.5 Å². The Hall–Kier alpha value is -4.85. The fourth-order valence-corrected chi connectivity index (χ4v) is 4.90. The highest BCUT2D eigenvalue weighted by Crippen LogP contribution is 2.44. The molecule has 1 heterocycles. The van der Waals surface area contributed by atoms with Gasteiger partial charge in [-0.15, -0.1) is 0 Å². The average molecular weight is 526 g/mol. The quantitative estimate of drug-likeness (QED) is 0.271. The van der Waals surface area contributed by atoms with Crippen molar-refractivity contribution in [2.24, 2.45) is 0 Å². The third-order valence-electron chi connectivity index (χ3n) is 6.69. The number of carboxylic acid groups (broad SMARTS) is 1. The summed E-state index contributed by atoms with van der Waals surface area (Å²) in [7, 11) is 0. The van der Waals surface area contributed by atoms with E-state index in [0.29, 0.717) is 22.6 Å². The van der Waals surface area contributed by atoms with Gasteiger partial charge < -0.3 is 24.3 Å². The summed E-state index contributed by atoms with van der Waals surface area (Å²) in [5, 5.41) is 12.2. The number of fused-ring (bicyclic) bond motifs is 3. The van der Waals surface area contributed by atoms with Crippen LogP contribution in [0.4, 0.5) is 4.79 Å². The normalized spacial score (nSPS) is 12.7. The molecule has 8 nitrogen and oxygen atoms in total. The van der Waals surface area contributed by atoms with Crippen LogP contribution in [-0.4, -0.2) is 42.4 Å². The maximum atomic E-state index is 12.7. The Bertz CT molecular complexity index is 1480. The Morgan fingerprint density at radius 1 is 0.846 bits per heavy atom. The average Bonchev–Trinajstić information content (AvgIpc) is 3.54. The zero-order valence-electron chi connectivity index (χ0n) is 21.3. The lowest BCUT2D eigenvalue weighted by Gasteiger charge is -2.17. The minimum atomic E-state index is -1.28. The first kappa shape index (κ1) is 25.8. The highest BCUT2D eigenvalue weighted by atomic mass is 16.5. The van der Waals surface area contributed by atoms with E-state index in [1.54, 1.807) is 43.3 Å². The molecule has 1 aromatic heterocycles. The molecule has 39 heavy (non-hydrogen) atoms. The van der Waals surface area contributed by atoms with Crippen molar-refractivity contribution in [2.45, 2.75) is 25.3 Å². The molecule has 1 aliphatic carbocycles. The fraction of sp³-hybridized carbons (Fsp3) is 0.194. The second kappa shape index (κ2) is 11.3. The third-order valence-corrected chi connectivity index (χ3v) is 6.69. The van der Waals surface area contributed by atoms with E-state index in [1.807, 2.05) is 48.5 Å². The summed E-state index contributed by atoms with van der Waals surface area (Å²) in [4.78, 5) is 36.9. The van der Waals surface area contributed by atoms with Gasteiger partial charge in [0, 0.05) is 17.9 Å². The smallest absolute Gasteiger partial charge is 0.407 e. The number of ether oxygens (including phenoxy) is 2. The molecule has 2 N–H and O–H groups in total. The molecule has 3 aromatic carbocycles. The summed E-state index contributed by atoms with van der Waals surface area (Å²) >= 11 is 0. The molecule has 1 unspecified atom stereocenters. The second-order valence-electron chi connectivity index (χ2n) is 9.10. The number of carbonyl (C=O) groups excluding carboxylic acids is 2. The van der Waals surface area contributed by atoms with Gasteiger partial charge in [-0.1, -0.05) is 66.7 Å². The lowest BCUT2D eigenvalue weighted by molar-refractivity contribution is -0.139. The highest BCUT2D eigenvalue weighted by Gasteiger charge is 2.30. The topological polar surface area (TPSA) is 115 Å². The molecule has 0 spiro atoms. The molecule has 5 rings (SSSR count). The summed E-state index contributed by atoms with van der Waals surface area (Å²) < 4.78 is 16.5. The van der Waals surface area contributed by atoms with Crippen molar-refractivity contribution >= 4 is 18.0 Å². The summed E-state index contributed by atoms with van der Waals surface area (Å²) in [5.74, 6) is -1.13. The predicted molar refractivity (Wildman–Crippen MR) is 143 cm³/mol. The molecule has 198 valence electrons. The van der Waals surface area contributed by atoms with E-state index >= 15 is 0 Å². The minimum absolute atomic E-state index is 0.0712. The summed E-state index contributed by atoms with van der Waals surface area (Å²) in [6, 6.07) is 24.8. The molecule has 0 saturated carbocycles. The zero-order chi connectivity index (χ0) is 27.4. The maximum Gasteiger partial charge on any atom is 0.407 e. The first-order chi connectivity index (χ1) is 19.0. The molecule has 1 atom stereocenters. The fourth-order valence-electron chi connectivity index (χ4n) is 4.90. The lowest BCUT2D eigenvalue weighted by atomic mass is 9.98. The first-order valence-electron chi connectivity index (χ1n) is 12.7. The highest BCUT2D eigenvalue weighted by molar-refractivity contribution is 5.96. The predicted octanol–water partition coefficient (Wildman–Crippen LogP) is 5.66. The minimum Gasteiger partial charge on any atom is -0.480 e. The number of alkyl carbamates (subject to hydrolysis) is 1. The summed E-state index contributed by atoms with van der Waals surface area (Å²) in [5.41, 5.74) is 5.19. The maximum absolute atomic E-state index is 12.7. The van der Waals surface area contributed by atoms with Gasteiger partial charge in [-0.3, -0.25) is 0 Å². The monoisotopic (exact) mass is 525 g/mol. The molecular formula is C31H27NO7. The number of amides is 1. The van der Waals surface area contributed by atoms with Crippen LogP contribution >= 0.6 is 0 Å². The van der Waals surface area contributed by atoms with E-state index in [0.717, 1.165) is 22.3 Å². The molecular weight excluding hydrogens is 498 g/mol. The van der Waals surface area contributed by atoms with Crippen LogP contribution in [0.25, 0.3) is 22.5 Å². The van der Waals surface area contributed by atoms with Crippen LogP contribution in [0, 0.1) is 0 Å². The molecule has 0 radical (unpaired) electrons. The Kier molecular flexibility index (Phi) is 7.45. The molecule has 0 saturated heterocycles. The van der Waals surface area contributed by atoms with Crippen molar-refractivity contribution < 1.29 is 33.4 Å². The van der Waals surface area contributed by atoms with Gasteiger partial charge in [0.2, 0.25) is 0 Å². The first-order valence-corrected chi connectivity index (χ1v) is 12.7. The van der Waals surface area contributed by atoms with E-state index < -0.39 is 24.1 Å². The van der Waals surface area contributed by atoms with Gasteiger partial charge in [-0.05, 0) is 47.4 Å². The van der Waals surface area contributed by atoms with E-state index in [9.17, 15) is 19.5 Å². The van der Waals surface area contributed by atoms with Gasteiger partial charge in [-0.25, -0.2) is 14.4 Å². The molecule has 8 heteroatoms. The van der Waals surface area contributed by atoms with Crippen molar-refractivity contribution in [3.63, 3.8) is 0 Å². The molecule has 4 aromatic rings. The van der Waals surface area contributed by atoms with E-state index in [2.05, 4.69) is 5.32 Å². The van der Waals surface area contributed by atoms with Gasteiger partial charge in [0.25, 0.3) is 0 Å². The number of carbonyl (C=O) groups is 3. The number of hydrogen-bond donors (Lipinski definition) is 2. The molecule has 0 bridgehead atoms. The summed E-state index contributed by atoms with van der Waals surface area (Å²) in [6.07, 6.45) is -0.940. The SMILES string of the molecule is CCOC(=O)c1ccccc1-c1ccc(CC(NC(=O)OCC2c3ccccc3-c3ccccc32)C(=O)O)o1. The van der Waals surface area contributed by atoms with Crippen LogP contribution < -0.4 is 5.32 Å². The van der Waals surface area contributed by atoms with Crippen molar-refractivity contribution in [2.75, 3.05) is 13.2 Å². The van der Waals surface area contributed by atoms with Crippen LogP contribution in [0.2, 0.25) is 0 Å². The van der Waals surface area contributed by atoms with Gasteiger partial charge in [0.15, 0.2) is 0 Å². The zero-order valence-corrected chi connectivity index (χ0v) is 21.3. The molecule has 1 aliphatic rings. The van der Waals surface area contributed by atoms with Crippen molar-refractivity contribution in [1.82, 2.24) is 5.32 Å². The summed E-state index contributed by atoms with van der Waals surface area (Å²) in [6.45, 7) is 2.03. The standard InChI is InChI=1S/C31H27NO7/c1-2-37-30(35)25-14-8-7-13-24(25)28-16-15-19(39-28)17-27(29(33)34)32-31(36)38-18-26-22-11-5-3-9-20(22)21-10-4-6-12-23(21)26/h3-16,26-27H,2,17-18H2,1H3,(H,32,36)(H,33,34). The Morgan fingerprint density at radius 2 is 1.46 bits per heavy atom. The van der Waals surface area contributed by atoms with Gasteiger partial charge >= 0.3 is 18.0 Å². The number of benzene rings is 3. The van der Waals surface area contributed by atoms with Crippen molar-refractivity contribution in [1.29, 1.82) is 0 Å². The number of aliphatic carboxylic acids is 1. The van der Waals surface area contributed by atoms with Gasteiger partial charge in [-0.2, -0.15) is 0 Å². The van der Waals surface area contributed by atoms with Gasteiger partial charge in [0.05, 0.1) is 12.2 Å². The van der Waals surface area contributed by atoms with Gasteiger partial charge in [0.1, 0.15) is 24.2 Å². The molecule has 0 aliphatic heterocycles. The van der Waals surface area contributed by atoms with Crippen LogP contribution in [0.15, 0.2) is 89.3 Å². The number of rotatable bonds is 9. The molecule has 0 fully saturated rings. The van der Waals surface area contributed by atoms with Crippen molar-refractivity contribution in [3.05, 3.63) is 107 Å². The van der Waals surface area contributed by atoms with Crippen LogP contribution in [-0.2, 0) is 20.7 Å². The Labute approximate surface area is 225 Å². The largest absolute Gasteiger partial charge is 0.480 e. The second-order valence-corrected chi connectivity index (χ2v) is 9.10. The van der Waals surface area contributed by atoms with Crippen LogP contribution in [0.1, 0.15) is 40.1 Å². The van der Waals surface area contributed by atoms with E-state index in [4.69, 9.17) is 13.9 Å². The Balaban J connectivity index is 1.25. The number of furan rings is 1. The number of esters is 1. The van der Waals surface area contributed by atoms with Crippen LogP contribution in [0.3, 0.4) is 0 Å². The molecule has 1 amide bonds. The number of hydrogen-bond acceptors (Lipinski definition) is 6. The Morgan fingerprint density at radius 3 is 2.10 bits per heavy atom. The van der Waals surface area contributed by atoms with Crippen LogP contribution in [0.5, 0.6) is 0 Å². The number of nitrogens with one attached hydrogen (secondary N) is 1. The van der Waals surface area contributed by atoms with E-state index in [-0.39, 0.29) is 25.6 Å². The lowest BCUT2D eigenvalue weighted by Crippen LogP contribution is -2.42. The third kappa shape index (κ3) is 5.40.